The first-order valence-electron chi connectivity index (χ1n) is 9.95. The van der Waals surface area contributed by atoms with E-state index in [9.17, 15) is 24.6 Å². The zero-order chi connectivity index (χ0) is 24.4. The fraction of sp³-hybridized carbons (Fsp3) is 0.0417. The predicted octanol–water partition coefficient (Wildman–Crippen LogP) is 5.18. The van der Waals surface area contributed by atoms with Crippen LogP contribution in [0.1, 0.15) is 32.0 Å². The van der Waals surface area contributed by atoms with Gasteiger partial charge in [0.1, 0.15) is 11.4 Å². The molecule has 0 aliphatic heterocycles. The molecule has 34 heavy (non-hydrogen) atoms. The number of aromatic nitrogens is 2. The van der Waals surface area contributed by atoms with Gasteiger partial charge in [-0.1, -0.05) is 29.8 Å². The molecule has 0 aliphatic carbocycles. The van der Waals surface area contributed by atoms with Gasteiger partial charge in [0, 0.05) is 16.1 Å². The van der Waals surface area contributed by atoms with E-state index in [1.807, 2.05) is 0 Å². The summed E-state index contributed by atoms with van der Waals surface area (Å²) in [7, 11) is 0. The lowest BCUT2D eigenvalue weighted by molar-refractivity contribution is 0.0693. The maximum absolute atomic E-state index is 12.8. The Labute approximate surface area is 197 Å². The van der Waals surface area contributed by atoms with E-state index in [4.69, 9.17) is 11.6 Å². The minimum atomic E-state index is -1.23. The van der Waals surface area contributed by atoms with E-state index in [-0.39, 0.29) is 33.8 Å². The summed E-state index contributed by atoms with van der Waals surface area (Å²) in [6.07, 6.45) is 0. The molecule has 0 fully saturated rings. The van der Waals surface area contributed by atoms with Crippen molar-refractivity contribution in [2.75, 3.05) is 0 Å². The van der Waals surface area contributed by atoms with Crippen LogP contribution >= 0.6 is 11.6 Å². The van der Waals surface area contributed by atoms with Crippen molar-refractivity contribution in [2.45, 2.75) is 6.92 Å². The number of carboxylic acids is 1. The maximum Gasteiger partial charge on any atom is 0.336 e. The lowest BCUT2D eigenvalue weighted by Gasteiger charge is -2.06. The van der Waals surface area contributed by atoms with Crippen molar-refractivity contribution in [3.63, 3.8) is 0 Å². The molecule has 0 spiro atoms. The highest BCUT2D eigenvalue weighted by molar-refractivity contribution is 6.30. The molecule has 0 saturated carbocycles. The first-order chi connectivity index (χ1) is 16.3. The minimum absolute atomic E-state index is 0.00512. The second-order valence-electron chi connectivity index (χ2n) is 7.29. The fourth-order valence-electron chi connectivity index (χ4n) is 3.30. The quantitative estimate of drug-likeness (QED) is 0.260. The van der Waals surface area contributed by atoms with Crippen LogP contribution in [0.4, 0.5) is 11.4 Å². The van der Waals surface area contributed by atoms with Crippen molar-refractivity contribution in [1.29, 1.82) is 0 Å². The lowest BCUT2D eigenvalue weighted by Crippen LogP contribution is -2.13. The zero-order valence-electron chi connectivity index (χ0n) is 17.7. The van der Waals surface area contributed by atoms with Gasteiger partial charge in [0.2, 0.25) is 0 Å². The topological polar surface area (TPSA) is 137 Å². The summed E-state index contributed by atoms with van der Waals surface area (Å²) in [5.74, 6) is -2.15. The number of phenols is 1. The van der Waals surface area contributed by atoms with Gasteiger partial charge < -0.3 is 10.2 Å². The van der Waals surface area contributed by atoms with Gasteiger partial charge >= 0.3 is 5.97 Å². The zero-order valence-corrected chi connectivity index (χ0v) is 18.4. The largest absolute Gasteiger partial charge is 0.506 e. The van der Waals surface area contributed by atoms with Crippen LogP contribution in [0.25, 0.3) is 5.69 Å². The normalized spacial score (nSPS) is 11.1. The highest BCUT2D eigenvalue weighted by Gasteiger charge is 2.19. The number of aromatic hydroxyl groups is 1. The molecule has 0 radical (unpaired) electrons. The second-order valence-corrected chi connectivity index (χ2v) is 7.72. The molecule has 4 rings (SSSR count). The molecule has 170 valence electrons. The standard InChI is InChI=1S/C24H17ClN4O5/c1-13-21(23(32)29(28-13)16-9-7-15(25)8-10-16)27-26-19-11-6-14(12-20(19)30)22(31)17-4-2-3-5-18(17)24(33)34/h2-12,28,30H,1H3,(H,33,34). The van der Waals surface area contributed by atoms with Gasteiger partial charge in [-0.05, 0) is 55.5 Å². The van der Waals surface area contributed by atoms with E-state index in [2.05, 4.69) is 15.3 Å². The second kappa shape index (κ2) is 9.16. The van der Waals surface area contributed by atoms with Crippen LogP contribution in [0.2, 0.25) is 5.02 Å². The van der Waals surface area contributed by atoms with E-state index in [1.54, 1.807) is 37.3 Å². The number of halogens is 1. The van der Waals surface area contributed by atoms with Gasteiger partial charge in [0.05, 0.1) is 16.9 Å². The van der Waals surface area contributed by atoms with Crippen LogP contribution in [0.5, 0.6) is 5.75 Å². The summed E-state index contributed by atoms with van der Waals surface area (Å²) < 4.78 is 1.29. The molecule has 10 heteroatoms. The molecule has 1 heterocycles. The lowest BCUT2D eigenvalue weighted by atomic mass is 9.98. The Kier molecular flexibility index (Phi) is 6.11. The van der Waals surface area contributed by atoms with E-state index < -0.39 is 17.3 Å². The molecule has 0 saturated heterocycles. The summed E-state index contributed by atoms with van der Waals surface area (Å²) in [5.41, 5.74) is 0.580. The number of nitrogens with one attached hydrogen (secondary N) is 1. The SMILES string of the molecule is Cc1[nH]n(-c2ccc(Cl)cc2)c(=O)c1N=Nc1ccc(C(=O)c2ccccc2C(=O)O)cc1O. The Bertz CT molecular complexity index is 1500. The van der Waals surface area contributed by atoms with Crippen molar-refractivity contribution in [2.24, 2.45) is 10.2 Å². The summed E-state index contributed by atoms with van der Waals surface area (Å²) in [4.78, 5) is 36.9. The number of carbonyl (C=O) groups is 2. The number of azo groups is 1. The van der Waals surface area contributed by atoms with Gasteiger partial charge in [-0.3, -0.25) is 14.7 Å². The summed E-state index contributed by atoms with van der Waals surface area (Å²) in [5, 5.41) is 31.0. The van der Waals surface area contributed by atoms with Crippen LogP contribution in [0, 0.1) is 6.92 Å². The molecule has 9 nitrogen and oxygen atoms in total. The van der Waals surface area contributed by atoms with Crippen molar-refractivity contribution >= 4 is 34.7 Å². The van der Waals surface area contributed by atoms with Crippen molar-refractivity contribution < 1.29 is 19.8 Å². The van der Waals surface area contributed by atoms with Gasteiger partial charge in [-0.15, -0.1) is 10.2 Å². The monoisotopic (exact) mass is 476 g/mol. The summed E-state index contributed by atoms with van der Waals surface area (Å²) in [6.45, 7) is 1.66. The Morgan fingerprint density at radius 2 is 1.65 bits per heavy atom. The van der Waals surface area contributed by atoms with Crippen LogP contribution in [-0.2, 0) is 0 Å². The van der Waals surface area contributed by atoms with Gasteiger partial charge in [0.25, 0.3) is 5.56 Å². The molecular weight excluding hydrogens is 460 g/mol. The number of aromatic amines is 1. The molecule has 0 atom stereocenters. The third-order valence-corrected chi connectivity index (χ3v) is 5.27. The van der Waals surface area contributed by atoms with Crippen molar-refractivity contribution in [3.8, 4) is 11.4 Å². The number of aromatic carboxylic acids is 1. The Balaban J connectivity index is 1.62. The number of ketones is 1. The number of aryl methyl sites for hydroxylation is 1. The van der Waals surface area contributed by atoms with Crippen molar-refractivity contribution in [1.82, 2.24) is 9.78 Å². The molecule has 0 unspecified atom stereocenters. The molecule has 1 aromatic heterocycles. The number of hydrogen-bond donors (Lipinski definition) is 3. The molecule has 0 amide bonds. The van der Waals surface area contributed by atoms with Crippen LogP contribution < -0.4 is 5.56 Å². The van der Waals surface area contributed by atoms with Crippen LogP contribution in [0.3, 0.4) is 0 Å². The average molecular weight is 477 g/mol. The average Bonchev–Trinajstić information content (AvgIpc) is 3.11. The summed E-state index contributed by atoms with van der Waals surface area (Å²) in [6, 6.07) is 16.4. The molecule has 4 aromatic rings. The smallest absolute Gasteiger partial charge is 0.336 e. The Morgan fingerprint density at radius 3 is 2.29 bits per heavy atom. The van der Waals surface area contributed by atoms with Gasteiger partial charge in [-0.25, -0.2) is 9.48 Å². The van der Waals surface area contributed by atoms with Gasteiger partial charge in [0.15, 0.2) is 11.5 Å². The van der Waals surface area contributed by atoms with E-state index in [0.717, 1.165) is 0 Å². The highest BCUT2D eigenvalue weighted by Crippen LogP contribution is 2.30. The van der Waals surface area contributed by atoms with Gasteiger partial charge in [-0.2, -0.15) is 0 Å². The van der Waals surface area contributed by atoms with E-state index >= 15 is 0 Å². The fourth-order valence-corrected chi connectivity index (χ4v) is 3.43. The third-order valence-electron chi connectivity index (χ3n) is 5.02. The minimum Gasteiger partial charge on any atom is -0.506 e. The van der Waals surface area contributed by atoms with E-state index in [0.29, 0.717) is 16.4 Å². The van der Waals surface area contributed by atoms with Crippen LogP contribution in [-0.4, -0.2) is 31.7 Å². The number of nitrogens with zero attached hydrogens (tertiary/aromatic N) is 3. The molecule has 3 aromatic carbocycles. The van der Waals surface area contributed by atoms with E-state index in [1.165, 1.54) is 41.1 Å². The predicted molar refractivity (Wildman–Crippen MR) is 125 cm³/mol. The third kappa shape index (κ3) is 4.37. The van der Waals surface area contributed by atoms with Crippen molar-refractivity contribution in [3.05, 3.63) is 104 Å². The van der Waals surface area contributed by atoms with Crippen LogP contribution in [0.15, 0.2) is 81.8 Å². The molecule has 0 aliphatic rings. The number of carbonyl (C=O) groups excluding carboxylic acids is 1. The number of benzene rings is 3. The molecule has 3 N–H and O–H groups in total. The Morgan fingerprint density at radius 1 is 0.971 bits per heavy atom. The number of carboxylic acid groups (broad SMARTS) is 1. The maximum atomic E-state index is 12.8. The summed E-state index contributed by atoms with van der Waals surface area (Å²) >= 11 is 5.89. The first-order valence-corrected chi connectivity index (χ1v) is 10.3. The highest BCUT2D eigenvalue weighted by atomic mass is 35.5. The first kappa shape index (κ1) is 22.7. The number of phenolic OH excluding ortho intramolecular Hbond substituents is 1. The number of rotatable bonds is 6. The molecule has 0 bridgehead atoms. The molecular formula is C24H17ClN4O5. The number of H-pyrrole nitrogens is 1. The Hall–Kier alpha value is -4.50. The number of hydrogen-bond acceptors (Lipinski definition) is 6.